The number of sulfonamides is 2. The van der Waals surface area contributed by atoms with Gasteiger partial charge in [-0.05, 0) is 61.5 Å². The van der Waals surface area contributed by atoms with E-state index in [9.17, 15) is 21.6 Å². The van der Waals surface area contributed by atoms with Crippen LogP contribution in [0.1, 0.15) is 6.92 Å². The van der Waals surface area contributed by atoms with Gasteiger partial charge in [-0.15, -0.1) is 0 Å². The van der Waals surface area contributed by atoms with Gasteiger partial charge in [0.05, 0.1) is 22.5 Å². The van der Waals surface area contributed by atoms with Crippen LogP contribution in [-0.2, 0) is 24.8 Å². The number of nitrogens with one attached hydrogen (secondary N) is 2. The van der Waals surface area contributed by atoms with Gasteiger partial charge in [0.25, 0.3) is 10.0 Å². The van der Waals surface area contributed by atoms with E-state index in [0.29, 0.717) is 22.1 Å². The molecular formula is C22H22ClN3O5S2. The number of rotatable bonds is 8. The molecule has 3 aromatic rings. The summed E-state index contributed by atoms with van der Waals surface area (Å²) in [5.41, 5.74) is 0.988. The van der Waals surface area contributed by atoms with E-state index in [4.69, 9.17) is 11.6 Å². The Morgan fingerprint density at radius 3 is 2.09 bits per heavy atom. The first-order chi connectivity index (χ1) is 15.5. The smallest absolute Gasteiger partial charge is 0.261 e. The first-order valence-electron chi connectivity index (χ1n) is 9.71. The van der Waals surface area contributed by atoms with Gasteiger partial charge < -0.3 is 5.32 Å². The molecule has 3 aromatic carbocycles. The van der Waals surface area contributed by atoms with Crippen molar-refractivity contribution in [1.29, 1.82) is 0 Å². The number of halogens is 1. The molecule has 0 heterocycles. The largest absolute Gasteiger partial charge is 0.324 e. The van der Waals surface area contributed by atoms with Crippen molar-refractivity contribution in [2.75, 3.05) is 20.6 Å². The van der Waals surface area contributed by atoms with Gasteiger partial charge in [0, 0.05) is 10.7 Å². The lowest BCUT2D eigenvalue weighted by Crippen LogP contribution is -2.45. The molecule has 8 nitrogen and oxygen atoms in total. The number of nitrogens with zero attached hydrogens (tertiary/aromatic N) is 1. The zero-order chi connectivity index (χ0) is 24.2. The summed E-state index contributed by atoms with van der Waals surface area (Å²) >= 11 is 5.89. The second-order valence-electron chi connectivity index (χ2n) is 7.20. The third-order valence-corrected chi connectivity index (χ3v) is 7.48. The van der Waals surface area contributed by atoms with E-state index in [2.05, 4.69) is 10.0 Å². The Kier molecular flexibility index (Phi) is 7.31. The van der Waals surface area contributed by atoms with E-state index in [1.54, 1.807) is 48.5 Å². The fourth-order valence-corrected chi connectivity index (χ4v) is 5.53. The van der Waals surface area contributed by atoms with Crippen molar-refractivity contribution in [3.8, 4) is 0 Å². The summed E-state index contributed by atoms with van der Waals surface area (Å²) in [5, 5.41) is 3.01. The average Bonchev–Trinajstić information content (AvgIpc) is 2.73. The number of carbonyl (C=O) groups is 1. The molecule has 1 amide bonds. The molecule has 11 heteroatoms. The van der Waals surface area contributed by atoms with Crippen LogP contribution >= 0.6 is 11.6 Å². The quantitative estimate of drug-likeness (QED) is 0.479. The number of hydrogen-bond acceptors (Lipinski definition) is 5. The van der Waals surface area contributed by atoms with Crippen LogP contribution in [0.4, 0.5) is 17.1 Å². The van der Waals surface area contributed by atoms with Gasteiger partial charge >= 0.3 is 0 Å². The molecule has 174 valence electrons. The molecule has 0 fully saturated rings. The maximum absolute atomic E-state index is 12.8. The third-order valence-electron chi connectivity index (χ3n) is 4.61. The SMILES string of the molecule is C[C@H](C(=O)Nc1ccc(S(=O)(=O)Nc2cccc(Cl)c2)cc1)N(c1ccccc1)S(C)(=O)=O. The minimum absolute atomic E-state index is 0.0180. The van der Waals surface area contributed by atoms with Crippen LogP contribution < -0.4 is 14.3 Å². The molecule has 0 aliphatic heterocycles. The van der Waals surface area contributed by atoms with Crippen LogP contribution in [0.15, 0.2) is 83.8 Å². The first kappa shape index (κ1) is 24.6. The molecule has 0 saturated heterocycles. The predicted octanol–water partition coefficient (Wildman–Crippen LogP) is 3.93. The van der Waals surface area contributed by atoms with Crippen molar-refractivity contribution in [2.24, 2.45) is 0 Å². The molecule has 0 aliphatic carbocycles. The number of para-hydroxylation sites is 1. The van der Waals surface area contributed by atoms with Crippen molar-refractivity contribution in [3.05, 3.63) is 83.9 Å². The van der Waals surface area contributed by atoms with Crippen molar-refractivity contribution in [3.63, 3.8) is 0 Å². The molecule has 0 radical (unpaired) electrons. The Hall–Kier alpha value is -3.08. The molecule has 0 aromatic heterocycles. The standard InChI is InChI=1S/C22H22ClN3O5S2/c1-16(26(32(2,28)29)20-9-4-3-5-10-20)22(27)24-18-11-13-21(14-12-18)33(30,31)25-19-8-6-7-17(23)15-19/h3-16,25H,1-2H3,(H,24,27)/t16-/m1/s1. The fraction of sp³-hybridized carbons (Fsp3) is 0.136. The van der Waals surface area contributed by atoms with Crippen molar-refractivity contribution >= 4 is 54.6 Å². The lowest BCUT2D eigenvalue weighted by Gasteiger charge is -2.28. The number of amides is 1. The highest BCUT2D eigenvalue weighted by atomic mass is 35.5. The molecule has 2 N–H and O–H groups in total. The molecular weight excluding hydrogens is 486 g/mol. The monoisotopic (exact) mass is 507 g/mol. The Balaban J connectivity index is 1.75. The Morgan fingerprint density at radius 2 is 1.52 bits per heavy atom. The molecule has 0 unspecified atom stereocenters. The number of hydrogen-bond donors (Lipinski definition) is 2. The van der Waals surface area contributed by atoms with Gasteiger partial charge in [-0.25, -0.2) is 16.8 Å². The minimum Gasteiger partial charge on any atom is -0.324 e. The van der Waals surface area contributed by atoms with Crippen molar-refractivity contribution in [1.82, 2.24) is 0 Å². The van der Waals surface area contributed by atoms with Crippen LogP contribution in [0.2, 0.25) is 5.02 Å². The normalized spacial score (nSPS) is 12.6. The van der Waals surface area contributed by atoms with E-state index in [-0.39, 0.29) is 4.90 Å². The van der Waals surface area contributed by atoms with Gasteiger partial charge in [-0.2, -0.15) is 0 Å². The highest BCUT2D eigenvalue weighted by Crippen LogP contribution is 2.23. The van der Waals surface area contributed by atoms with Gasteiger partial charge in [0.2, 0.25) is 15.9 Å². The zero-order valence-electron chi connectivity index (χ0n) is 17.8. The predicted molar refractivity (Wildman–Crippen MR) is 131 cm³/mol. The average molecular weight is 508 g/mol. The highest BCUT2D eigenvalue weighted by Gasteiger charge is 2.29. The molecule has 0 bridgehead atoms. The molecule has 0 spiro atoms. The number of anilines is 3. The van der Waals surface area contributed by atoms with Gasteiger partial charge in [0.1, 0.15) is 6.04 Å². The van der Waals surface area contributed by atoms with E-state index >= 15 is 0 Å². The molecule has 1 atom stereocenters. The van der Waals surface area contributed by atoms with Crippen LogP contribution in [0.25, 0.3) is 0 Å². The Bertz CT molecular complexity index is 1350. The second-order valence-corrected chi connectivity index (χ2v) is 11.2. The number of benzene rings is 3. The summed E-state index contributed by atoms with van der Waals surface area (Å²) in [6.07, 6.45) is 1.02. The van der Waals surface area contributed by atoms with Crippen LogP contribution in [0.3, 0.4) is 0 Å². The lowest BCUT2D eigenvalue weighted by atomic mass is 10.2. The van der Waals surface area contributed by atoms with Gasteiger partial charge in [-0.3, -0.25) is 13.8 Å². The van der Waals surface area contributed by atoms with E-state index in [1.165, 1.54) is 37.3 Å². The molecule has 33 heavy (non-hydrogen) atoms. The highest BCUT2D eigenvalue weighted by molar-refractivity contribution is 7.92. The zero-order valence-corrected chi connectivity index (χ0v) is 20.2. The second kappa shape index (κ2) is 9.82. The minimum atomic E-state index is -3.87. The maximum atomic E-state index is 12.8. The fourth-order valence-electron chi connectivity index (χ4n) is 3.11. The summed E-state index contributed by atoms with van der Waals surface area (Å²) in [4.78, 5) is 12.8. The van der Waals surface area contributed by atoms with Crippen molar-refractivity contribution < 1.29 is 21.6 Å². The van der Waals surface area contributed by atoms with Crippen molar-refractivity contribution in [2.45, 2.75) is 17.9 Å². The Labute approximate surface area is 198 Å². The number of carbonyl (C=O) groups excluding carboxylic acids is 1. The summed E-state index contributed by atoms with van der Waals surface area (Å²) < 4.78 is 53.3. The van der Waals surface area contributed by atoms with Gasteiger partial charge in [-0.1, -0.05) is 35.9 Å². The molecule has 0 saturated carbocycles. The molecule has 0 aliphatic rings. The van der Waals surface area contributed by atoms with Crippen LogP contribution in [0.5, 0.6) is 0 Å². The lowest BCUT2D eigenvalue weighted by molar-refractivity contribution is -0.116. The summed E-state index contributed by atoms with van der Waals surface area (Å²) in [6.45, 7) is 1.47. The topological polar surface area (TPSA) is 113 Å². The summed E-state index contributed by atoms with van der Waals surface area (Å²) in [5.74, 6) is -0.572. The first-order valence-corrected chi connectivity index (χ1v) is 13.4. The molecule has 3 rings (SSSR count). The summed E-state index contributed by atoms with van der Waals surface area (Å²) in [7, 11) is -7.61. The van der Waals surface area contributed by atoms with E-state index in [0.717, 1.165) is 10.6 Å². The summed E-state index contributed by atoms with van der Waals surface area (Å²) in [6, 6.07) is 19.0. The Morgan fingerprint density at radius 1 is 0.879 bits per heavy atom. The van der Waals surface area contributed by atoms with E-state index in [1.807, 2.05) is 0 Å². The van der Waals surface area contributed by atoms with Crippen LogP contribution in [0, 0.1) is 0 Å². The van der Waals surface area contributed by atoms with Gasteiger partial charge in [0.15, 0.2) is 0 Å². The van der Waals surface area contributed by atoms with Crippen LogP contribution in [-0.4, -0.2) is 35.0 Å². The van der Waals surface area contributed by atoms with E-state index < -0.39 is 32.0 Å². The third kappa shape index (κ3) is 6.25. The maximum Gasteiger partial charge on any atom is 0.261 e.